The lowest BCUT2D eigenvalue weighted by atomic mass is 9.90. The van der Waals surface area contributed by atoms with Gasteiger partial charge in [0, 0.05) is 62.3 Å². The normalized spacial score (nSPS) is 17.7. The van der Waals surface area contributed by atoms with Gasteiger partial charge in [0.25, 0.3) is 11.5 Å². The third kappa shape index (κ3) is 4.33. The molecule has 42 heavy (non-hydrogen) atoms. The van der Waals surface area contributed by atoms with E-state index in [9.17, 15) is 14.7 Å². The molecular weight excluding hydrogens is 534 g/mol. The van der Waals surface area contributed by atoms with Gasteiger partial charge in [0.2, 0.25) is 0 Å². The van der Waals surface area contributed by atoms with Crippen LogP contribution < -0.4 is 15.8 Å². The highest BCUT2D eigenvalue weighted by Gasteiger charge is 2.37. The second kappa shape index (κ2) is 9.63. The minimum absolute atomic E-state index is 0.127. The molecular formula is C30H35N9O3. The van der Waals surface area contributed by atoms with Crippen molar-refractivity contribution in [1.29, 1.82) is 0 Å². The van der Waals surface area contributed by atoms with Crippen molar-refractivity contribution in [2.75, 3.05) is 30.4 Å². The van der Waals surface area contributed by atoms with E-state index in [0.29, 0.717) is 52.9 Å². The molecule has 2 N–H and O–H groups in total. The number of aliphatic hydroxyl groups is 1. The van der Waals surface area contributed by atoms with Crippen LogP contribution >= 0.6 is 0 Å². The molecule has 0 saturated heterocycles. The highest BCUT2D eigenvalue weighted by Crippen LogP contribution is 2.40. The van der Waals surface area contributed by atoms with Crippen LogP contribution in [0.4, 0.5) is 17.3 Å². The standard InChI is InChI=1S/C30H35N9O3/c1-30(2)14-18-11-24-29(42)38(9-8-37(24)25(18)15-30)27-21(17-40)20(5-6-31-27)22-13-23(28(41)36(4)33-22)32-26-12-19-16-35(3)7-10-39(19)34-26/h5-6,11-13,40H,7-10,14-17H2,1-4H3,(H,32,34). The lowest BCUT2D eigenvalue weighted by Crippen LogP contribution is -2.41. The quantitative estimate of drug-likeness (QED) is 0.375. The molecule has 218 valence electrons. The smallest absolute Gasteiger partial charge is 0.290 e. The summed E-state index contributed by atoms with van der Waals surface area (Å²) in [6.45, 7) is 7.77. The van der Waals surface area contributed by atoms with E-state index in [-0.39, 0.29) is 23.5 Å². The molecule has 1 amide bonds. The molecule has 2 aliphatic heterocycles. The van der Waals surface area contributed by atoms with Crippen molar-refractivity contribution < 1.29 is 9.90 Å². The fourth-order valence-electron chi connectivity index (χ4n) is 6.65. The fraction of sp³-hybridized carbons (Fsp3) is 0.433. The van der Waals surface area contributed by atoms with Crippen molar-refractivity contribution in [1.82, 2.24) is 34.0 Å². The lowest BCUT2D eigenvalue weighted by Gasteiger charge is -2.30. The minimum atomic E-state index is -0.345. The Bertz CT molecular complexity index is 1800. The van der Waals surface area contributed by atoms with Crippen LogP contribution in [0.25, 0.3) is 11.3 Å². The second-order valence-electron chi connectivity index (χ2n) is 12.4. The largest absolute Gasteiger partial charge is 0.392 e. The summed E-state index contributed by atoms with van der Waals surface area (Å²) in [5, 5.41) is 22.9. The second-order valence-corrected chi connectivity index (χ2v) is 12.4. The Morgan fingerprint density at radius 3 is 2.67 bits per heavy atom. The first kappa shape index (κ1) is 26.6. The van der Waals surface area contributed by atoms with Gasteiger partial charge in [-0.2, -0.15) is 10.2 Å². The summed E-state index contributed by atoms with van der Waals surface area (Å²) in [6, 6.07) is 7.40. The number of nitrogens with one attached hydrogen (secondary N) is 1. The van der Waals surface area contributed by atoms with Crippen molar-refractivity contribution in [3.63, 3.8) is 0 Å². The van der Waals surface area contributed by atoms with E-state index >= 15 is 0 Å². The monoisotopic (exact) mass is 569 g/mol. The molecule has 12 heteroatoms. The van der Waals surface area contributed by atoms with Gasteiger partial charge in [-0.15, -0.1) is 0 Å². The number of carbonyl (C=O) groups is 1. The summed E-state index contributed by atoms with van der Waals surface area (Å²) in [5.74, 6) is 0.867. The Balaban J connectivity index is 1.23. The molecule has 0 atom stereocenters. The lowest BCUT2D eigenvalue weighted by molar-refractivity contribution is 0.0962. The number of pyridine rings is 1. The first-order chi connectivity index (χ1) is 20.1. The Kier molecular flexibility index (Phi) is 6.10. The summed E-state index contributed by atoms with van der Waals surface area (Å²) in [4.78, 5) is 35.2. The van der Waals surface area contributed by atoms with Crippen LogP contribution in [0.2, 0.25) is 0 Å². The number of aromatic nitrogens is 6. The van der Waals surface area contributed by atoms with Crippen molar-refractivity contribution in [3.8, 4) is 11.3 Å². The number of likely N-dealkylation sites (N-methyl/N-ethyl adjacent to an activating group) is 1. The van der Waals surface area contributed by atoms with Crippen LogP contribution in [0.3, 0.4) is 0 Å². The first-order valence-electron chi connectivity index (χ1n) is 14.3. The predicted molar refractivity (Wildman–Crippen MR) is 158 cm³/mol. The van der Waals surface area contributed by atoms with E-state index in [4.69, 9.17) is 0 Å². The van der Waals surface area contributed by atoms with Crippen LogP contribution in [0, 0.1) is 5.41 Å². The van der Waals surface area contributed by atoms with Gasteiger partial charge in [-0.1, -0.05) is 13.8 Å². The first-order valence-corrected chi connectivity index (χ1v) is 14.3. The number of aryl methyl sites for hydroxylation is 1. The van der Waals surface area contributed by atoms with Crippen LogP contribution in [0.1, 0.15) is 46.9 Å². The molecule has 0 saturated carbocycles. The topological polar surface area (TPSA) is 126 Å². The van der Waals surface area contributed by atoms with Gasteiger partial charge in [0.05, 0.1) is 24.5 Å². The average molecular weight is 570 g/mol. The van der Waals surface area contributed by atoms with E-state index in [1.54, 1.807) is 30.3 Å². The van der Waals surface area contributed by atoms with Gasteiger partial charge in [-0.05, 0) is 49.1 Å². The molecule has 0 bridgehead atoms. The third-order valence-corrected chi connectivity index (χ3v) is 8.66. The highest BCUT2D eigenvalue weighted by atomic mass is 16.3. The summed E-state index contributed by atoms with van der Waals surface area (Å²) < 4.78 is 5.38. The van der Waals surface area contributed by atoms with Gasteiger partial charge in [0.1, 0.15) is 17.2 Å². The Hall–Kier alpha value is -4.29. The molecule has 3 aliphatic rings. The Morgan fingerprint density at radius 2 is 1.86 bits per heavy atom. The maximum atomic E-state index is 13.8. The summed E-state index contributed by atoms with van der Waals surface area (Å²) in [7, 11) is 3.66. The van der Waals surface area contributed by atoms with E-state index in [1.807, 2.05) is 16.8 Å². The van der Waals surface area contributed by atoms with Crippen molar-refractivity contribution in [2.45, 2.75) is 52.9 Å². The van der Waals surface area contributed by atoms with Crippen LogP contribution in [-0.2, 0) is 46.1 Å². The Morgan fingerprint density at radius 1 is 1.02 bits per heavy atom. The summed E-state index contributed by atoms with van der Waals surface area (Å²) in [6.07, 6.45) is 3.53. The molecule has 0 unspecified atom stereocenters. The van der Waals surface area contributed by atoms with Gasteiger partial charge in [-0.25, -0.2) is 9.67 Å². The number of fused-ring (bicyclic) bond motifs is 4. The van der Waals surface area contributed by atoms with Gasteiger partial charge >= 0.3 is 0 Å². The maximum Gasteiger partial charge on any atom is 0.290 e. The van der Waals surface area contributed by atoms with E-state index in [0.717, 1.165) is 38.2 Å². The van der Waals surface area contributed by atoms with Crippen molar-refractivity contribution >= 4 is 23.2 Å². The maximum absolute atomic E-state index is 13.8. The number of anilines is 3. The molecule has 12 nitrogen and oxygen atoms in total. The van der Waals surface area contributed by atoms with Crippen LogP contribution in [0.5, 0.6) is 0 Å². The SMILES string of the molecule is CN1CCn2nc(Nc3cc(-c4ccnc(N5CCn6c(cc7c6CC(C)(C)C7)C5=O)c4CO)nn(C)c3=O)cc2C1. The van der Waals surface area contributed by atoms with Gasteiger partial charge < -0.3 is 15.0 Å². The predicted octanol–water partition coefficient (Wildman–Crippen LogP) is 2.31. The molecule has 4 aromatic heterocycles. The molecule has 7 rings (SSSR count). The number of hydrogen-bond acceptors (Lipinski definition) is 8. The molecule has 0 spiro atoms. The molecule has 0 aromatic carbocycles. The van der Waals surface area contributed by atoms with E-state index in [2.05, 4.69) is 50.9 Å². The number of aliphatic hydroxyl groups excluding tert-OH is 1. The third-order valence-electron chi connectivity index (χ3n) is 8.66. The Labute approximate surface area is 243 Å². The van der Waals surface area contributed by atoms with E-state index < -0.39 is 0 Å². The van der Waals surface area contributed by atoms with Crippen molar-refractivity contribution in [3.05, 3.63) is 69.0 Å². The van der Waals surface area contributed by atoms with Gasteiger partial charge in [0.15, 0.2) is 5.82 Å². The summed E-state index contributed by atoms with van der Waals surface area (Å²) in [5.41, 5.74) is 6.02. The zero-order valence-corrected chi connectivity index (χ0v) is 24.4. The molecule has 4 aromatic rings. The zero-order chi connectivity index (χ0) is 29.3. The number of carbonyl (C=O) groups excluding carboxylic acids is 1. The fourth-order valence-corrected chi connectivity index (χ4v) is 6.65. The number of nitrogens with zero attached hydrogens (tertiary/aromatic N) is 8. The molecule has 6 heterocycles. The highest BCUT2D eigenvalue weighted by molar-refractivity contribution is 6.06. The van der Waals surface area contributed by atoms with Crippen LogP contribution in [-0.4, -0.2) is 65.2 Å². The van der Waals surface area contributed by atoms with E-state index in [1.165, 1.54) is 15.9 Å². The van der Waals surface area contributed by atoms with Crippen LogP contribution in [0.15, 0.2) is 35.3 Å². The van der Waals surface area contributed by atoms with Crippen molar-refractivity contribution in [2.24, 2.45) is 12.5 Å². The molecule has 0 fully saturated rings. The molecule has 0 radical (unpaired) electrons. The van der Waals surface area contributed by atoms with Gasteiger partial charge in [-0.3, -0.25) is 24.1 Å². The summed E-state index contributed by atoms with van der Waals surface area (Å²) >= 11 is 0. The number of amides is 1. The number of rotatable bonds is 5. The zero-order valence-electron chi connectivity index (χ0n) is 24.4. The minimum Gasteiger partial charge on any atom is -0.392 e. The molecule has 1 aliphatic carbocycles. The number of hydrogen-bond donors (Lipinski definition) is 2. The average Bonchev–Trinajstić information content (AvgIpc) is 3.60.